The van der Waals surface area contributed by atoms with Gasteiger partial charge in [0.05, 0.1) is 12.7 Å². The zero-order valence-electron chi connectivity index (χ0n) is 16.5. The molecule has 0 fully saturated rings. The Bertz CT molecular complexity index is 1100. The summed E-state index contributed by atoms with van der Waals surface area (Å²) < 4.78 is 31.6. The minimum absolute atomic E-state index is 0.0782. The van der Waals surface area contributed by atoms with Crippen LogP contribution in [0.3, 0.4) is 0 Å². The third-order valence-electron chi connectivity index (χ3n) is 4.66. The van der Waals surface area contributed by atoms with E-state index in [-0.39, 0.29) is 28.5 Å². The van der Waals surface area contributed by atoms with Gasteiger partial charge in [-0.05, 0) is 50.2 Å². The molecule has 0 bridgehead atoms. The normalized spacial score (nSPS) is 14.8. The first-order valence-electron chi connectivity index (χ1n) is 8.88. The molecule has 2 aromatic carbocycles. The van der Waals surface area contributed by atoms with Crippen LogP contribution in [0, 0.1) is 0 Å². The van der Waals surface area contributed by atoms with E-state index >= 15 is 0 Å². The molecule has 0 N–H and O–H groups in total. The second-order valence-corrected chi connectivity index (χ2v) is 9.25. The van der Waals surface area contributed by atoms with Crippen LogP contribution in [-0.2, 0) is 16.6 Å². The van der Waals surface area contributed by atoms with Gasteiger partial charge in [-0.2, -0.15) is 0 Å². The van der Waals surface area contributed by atoms with Crippen LogP contribution in [0.1, 0.15) is 40.1 Å². The summed E-state index contributed by atoms with van der Waals surface area (Å²) in [4.78, 5) is 26.6. The molecule has 0 radical (unpaired) electrons. The molecule has 1 heterocycles. The smallest absolute Gasteiger partial charge is 0.269 e. The van der Waals surface area contributed by atoms with Crippen molar-refractivity contribution in [2.75, 3.05) is 14.2 Å². The number of hydrogen-bond acceptors (Lipinski definition) is 5. The SMILES string of the molecule is COc1ccc(Cl)cc1CN(C)C(=O)c1ccc2c(c1)S(=O)(=O)N(C(C)C)C2=O. The topological polar surface area (TPSA) is 84.0 Å². The summed E-state index contributed by atoms with van der Waals surface area (Å²) in [5.41, 5.74) is 0.967. The number of halogens is 1. The number of ether oxygens (including phenoxy) is 1. The number of nitrogens with zero attached hydrogens (tertiary/aromatic N) is 2. The fourth-order valence-electron chi connectivity index (χ4n) is 3.31. The van der Waals surface area contributed by atoms with Gasteiger partial charge in [0, 0.05) is 35.8 Å². The summed E-state index contributed by atoms with van der Waals surface area (Å²) in [6, 6.07) is 8.70. The van der Waals surface area contributed by atoms with Crippen LogP contribution in [0.15, 0.2) is 41.3 Å². The van der Waals surface area contributed by atoms with E-state index in [1.54, 1.807) is 39.1 Å². The molecule has 7 nitrogen and oxygen atoms in total. The first-order valence-corrected chi connectivity index (χ1v) is 10.7. The first-order chi connectivity index (χ1) is 13.6. The monoisotopic (exact) mass is 436 g/mol. The fraction of sp³-hybridized carbons (Fsp3) is 0.300. The molecule has 1 aliphatic rings. The Morgan fingerprint density at radius 2 is 1.90 bits per heavy atom. The fourth-order valence-corrected chi connectivity index (χ4v) is 5.30. The van der Waals surface area contributed by atoms with Gasteiger partial charge in [0.2, 0.25) is 0 Å². The van der Waals surface area contributed by atoms with E-state index in [0.29, 0.717) is 16.3 Å². The number of benzene rings is 2. The van der Waals surface area contributed by atoms with Crippen LogP contribution in [0.4, 0.5) is 0 Å². The lowest BCUT2D eigenvalue weighted by Crippen LogP contribution is -2.36. The minimum Gasteiger partial charge on any atom is -0.496 e. The van der Waals surface area contributed by atoms with Gasteiger partial charge < -0.3 is 9.64 Å². The zero-order chi connectivity index (χ0) is 21.5. The van der Waals surface area contributed by atoms with E-state index in [2.05, 4.69) is 0 Å². The van der Waals surface area contributed by atoms with E-state index in [9.17, 15) is 18.0 Å². The van der Waals surface area contributed by atoms with Crippen LogP contribution >= 0.6 is 11.6 Å². The van der Waals surface area contributed by atoms with Crippen molar-refractivity contribution in [2.24, 2.45) is 0 Å². The molecular formula is C20H21ClN2O5S. The second-order valence-electron chi connectivity index (χ2n) is 7.03. The third-order valence-corrected chi connectivity index (χ3v) is 6.90. The Morgan fingerprint density at radius 3 is 2.52 bits per heavy atom. The Balaban J connectivity index is 1.92. The molecule has 3 rings (SSSR count). The van der Waals surface area contributed by atoms with Crippen LogP contribution in [-0.4, -0.2) is 49.6 Å². The average molecular weight is 437 g/mol. The summed E-state index contributed by atoms with van der Waals surface area (Å²) in [5, 5.41) is 0.512. The minimum atomic E-state index is -3.98. The van der Waals surface area contributed by atoms with Crippen molar-refractivity contribution in [3.63, 3.8) is 0 Å². The molecule has 29 heavy (non-hydrogen) atoms. The maximum absolute atomic E-state index is 12.9. The molecule has 0 aliphatic carbocycles. The Kier molecular flexibility index (Phi) is 5.60. The number of methoxy groups -OCH3 is 1. The number of carbonyl (C=O) groups excluding carboxylic acids is 2. The van der Waals surface area contributed by atoms with Crippen molar-refractivity contribution in [1.82, 2.24) is 9.21 Å². The summed E-state index contributed by atoms with van der Waals surface area (Å²) in [5.74, 6) is -0.379. The van der Waals surface area contributed by atoms with Gasteiger partial charge in [-0.15, -0.1) is 0 Å². The third kappa shape index (κ3) is 3.70. The van der Waals surface area contributed by atoms with Gasteiger partial charge >= 0.3 is 0 Å². The molecule has 0 atom stereocenters. The number of amides is 2. The van der Waals surface area contributed by atoms with Gasteiger partial charge in [0.15, 0.2) is 0 Å². The molecule has 0 unspecified atom stereocenters. The highest BCUT2D eigenvalue weighted by Crippen LogP contribution is 2.33. The maximum Gasteiger partial charge on any atom is 0.269 e. The number of carbonyl (C=O) groups is 2. The summed E-state index contributed by atoms with van der Waals surface area (Å²) in [6.07, 6.45) is 0. The molecule has 2 aromatic rings. The predicted octanol–water partition coefficient (Wildman–Crippen LogP) is 3.17. The summed E-state index contributed by atoms with van der Waals surface area (Å²) in [6.45, 7) is 3.46. The quantitative estimate of drug-likeness (QED) is 0.718. The molecule has 9 heteroatoms. The molecule has 154 valence electrons. The standard InChI is InChI=1S/C20H21ClN2O5S/c1-12(2)23-20(25)16-7-5-13(10-18(16)29(23,26)27)19(24)22(3)11-14-9-15(21)6-8-17(14)28-4/h5-10,12H,11H2,1-4H3. The number of hydrogen-bond donors (Lipinski definition) is 0. The second kappa shape index (κ2) is 7.68. The molecule has 0 spiro atoms. The first kappa shape index (κ1) is 21.1. The van der Waals surface area contributed by atoms with Crippen molar-refractivity contribution in [3.8, 4) is 5.75 Å². The van der Waals surface area contributed by atoms with Crippen molar-refractivity contribution in [2.45, 2.75) is 31.3 Å². The van der Waals surface area contributed by atoms with E-state index < -0.39 is 22.0 Å². The van der Waals surface area contributed by atoms with Crippen molar-refractivity contribution < 1.29 is 22.7 Å². The van der Waals surface area contributed by atoms with Crippen LogP contribution in [0.5, 0.6) is 5.75 Å². The highest BCUT2D eigenvalue weighted by molar-refractivity contribution is 7.90. The molecular weight excluding hydrogens is 416 g/mol. The van der Waals surface area contributed by atoms with Crippen LogP contribution in [0.25, 0.3) is 0 Å². The summed E-state index contributed by atoms with van der Waals surface area (Å²) in [7, 11) is -0.858. The molecule has 2 amide bonds. The van der Waals surface area contributed by atoms with Crippen LogP contribution in [0.2, 0.25) is 5.02 Å². The van der Waals surface area contributed by atoms with E-state index in [4.69, 9.17) is 16.3 Å². The Morgan fingerprint density at radius 1 is 1.21 bits per heavy atom. The molecule has 0 saturated heterocycles. The van der Waals surface area contributed by atoms with Gasteiger partial charge in [-0.25, -0.2) is 12.7 Å². The zero-order valence-corrected chi connectivity index (χ0v) is 18.0. The lowest BCUT2D eigenvalue weighted by molar-refractivity contribution is 0.0782. The molecule has 0 aromatic heterocycles. The molecule has 0 saturated carbocycles. The Labute approximate surface area is 174 Å². The Hall–Kier alpha value is -2.58. The number of sulfonamides is 1. The highest BCUT2D eigenvalue weighted by Gasteiger charge is 2.43. The maximum atomic E-state index is 12.9. The average Bonchev–Trinajstić information content (AvgIpc) is 2.86. The summed E-state index contributed by atoms with van der Waals surface area (Å²) >= 11 is 6.04. The number of fused-ring (bicyclic) bond motifs is 1. The van der Waals surface area contributed by atoms with Crippen molar-refractivity contribution in [3.05, 3.63) is 58.1 Å². The highest BCUT2D eigenvalue weighted by atomic mass is 35.5. The van der Waals surface area contributed by atoms with E-state index in [1.807, 2.05) is 0 Å². The lowest BCUT2D eigenvalue weighted by atomic mass is 10.1. The van der Waals surface area contributed by atoms with Gasteiger partial charge in [0.25, 0.3) is 21.8 Å². The van der Waals surface area contributed by atoms with Gasteiger partial charge in [-0.3, -0.25) is 9.59 Å². The van der Waals surface area contributed by atoms with Gasteiger partial charge in [0.1, 0.15) is 10.6 Å². The van der Waals surface area contributed by atoms with Crippen molar-refractivity contribution in [1.29, 1.82) is 0 Å². The van der Waals surface area contributed by atoms with Crippen molar-refractivity contribution >= 4 is 33.4 Å². The number of rotatable bonds is 5. The lowest BCUT2D eigenvalue weighted by Gasteiger charge is -2.20. The molecule has 1 aliphatic heterocycles. The predicted molar refractivity (Wildman–Crippen MR) is 109 cm³/mol. The van der Waals surface area contributed by atoms with E-state index in [0.717, 1.165) is 4.31 Å². The van der Waals surface area contributed by atoms with Gasteiger partial charge in [-0.1, -0.05) is 11.6 Å². The van der Waals surface area contributed by atoms with Crippen LogP contribution < -0.4 is 4.74 Å². The van der Waals surface area contributed by atoms with E-state index in [1.165, 1.54) is 30.2 Å². The largest absolute Gasteiger partial charge is 0.496 e.